The van der Waals surface area contributed by atoms with Gasteiger partial charge in [-0.3, -0.25) is 4.90 Å². The predicted octanol–water partition coefficient (Wildman–Crippen LogP) is 0.751. The zero-order valence-electron chi connectivity index (χ0n) is 9.99. The first-order valence-corrected chi connectivity index (χ1v) is 6.46. The molecular formula is C12H25N3. The molecule has 1 aliphatic carbocycles. The highest BCUT2D eigenvalue weighted by molar-refractivity contribution is 4.86. The number of rotatable bonds is 4. The predicted molar refractivity (Wildman–Crippen MR) is 63.9 cm³/mol. The second kappa shape index (κ2) is 5.28. The van der Waals surface area contributed by atoms with E-state index in [4.69, 9.17) is 5.73 Å². The summed E-state index contributed by atoms with van der Waals surface area (Å²) in [7, 11) is 0. The third kappa shape index (κ3) is 3.44. The third-order valence-electron chi connectivity index (χ3n) is 3.66. The Morgan fingerprint density at radius 1 is 1.20 bits per heavy atom. The van der Waals surface area contributed by atoms with Crippen molar-refractivity contribution in [2.75, 3.05) is 39.3 Å². The number of nitrogens with zero attached hydrogens (tertiary/aromatic N) is 2. The molecule has 0 bridgehead atoms. The van der Waals surface area contributed by atoms with Crippen LogP contribution in [0.15, 0.2) is 0 Å². The van der Waals surface area contributed by atoms with E-state index in [9.17, 15) is 0 Å². The zero-order valence-corrected chi connectivity index (χ0v) is 9.99. The fourth-order valence-corrected chi connectivity index (χ4v) is 2.49. The van der Waals surface area contributed by atoms with Crippen molar-refractivity contribution in [3.05, 3.63) is 0 Å². The Hall–Kier alpha value is -0.120. The summed E-state index contributed by atoms with van der Waals surface area (Å²) in [5.41, 5.74) is 5.68. The van der Waals surface area contributed by atoms with Crippen LogP contribution in [0.5, 0.6) is 0 Å². The topological polar surface area (TPSA) is 32.5 Å². The van der Waals surface area contributed by atoms with Crippen molar-refractivity contribution < 1.29 is 0 Å². The normalized spacial score (nSPS) is 27.6. The molecule has 1 heterocycles. The van der Waals surface area contributed by atoms with Gasteiger partial charge in [-0.15, -0.1) is 0 Å². The first-order chi connectivity index (χ1) is 7.29. The van der Waals surface area contributed by atoms with Crippen molar-refractivity contribution in [3.63, 3.8) is 0 Å². The summed E-state index contributed by atoms with van der Waals surface area (Å²) in [6, 6.07) is 0.942. The molecule has 0 aromatic heterocycles. The molecule has 2 fully saturated rings. The molecule has 15 heavy (non-hydrogen) atoms. The molecule has 2 N–H and O–H groups in total. The van der Waals surface area contributed by atoms with E-state index >= 15 is 0 Å². The van der Waals surface area contributed by atoms with Crippen LogP contribution in [0.2, 0.25) is 0 Å². The zero-order chi connectivity index (χ0) is 10.7. The standard InChI is InChI=1S/C12H25N3/c1-11(9-13)10-14-5-2-6-15(8-7-14)12-3-4-12/h11-12H,2-10,13H2,1H3. The van der Waals surface area contributed by atoms with Gasteiger partial charge in [0.05, 0.1) is 0 Å². The molecule has 88 valence electrons. The van der Waals surface area contributed by atoms with Gasteiger partial charge in [-0.25, -0.2) is 0 Å². The van der Waals surface area contributed by atoms with Gasteiger partial charge < -0.3 is 10.6 Å². The average molecular weight is 211 g/mol. The lowest BCUT2D eigenvalue weighted by Gasteiger charge is -2.23. The van der Waals surface area contributed by atoms with Crippen LogP contribution in [0.1, 0.15) is 26.2 Å². The van der Waals surface area contributed by atoms with Gasteiger partial charge >= 0.3 is 0 Å². The van der Waals surface area contributed by atoms with E-state index in [2.05, 4.69) is 16.7 Å². The molecule has 0 amide bonds. The number of hydrogen-bond acceptors (Lipinski definition) is 3. The van der Waals surface area contributed by atoms with Gasteiger partial charge in [0, 0.05) is 25.7 Å². The van der Waals surface area contributed by atoms with Crippen molar-refractivity contribution in [3.8, 4) is 0 Å². The molecule has 2 aliphatic rings. The first kappa shape index (κ1) is 11.4. The highest BCUT2D eigenvalue weighted by Gasteiger charge is 2.29. The SMILES string of the molecule is CC(CN)CN1CCCN(C2CC2)CC1. The van der Waals surface area contributed by atoms with Crippen molar-refractivity contribution in [1.82, 2.24) is 9.80 Å². The summed E-state index contributed by atoms with van der Waals surface area (Å²) in [6.45, 7) is 9.38. The van der Waals surface area contributed by atoms with Gasteiger partial charge in [-0.2, -0.15) is 0 Å². The summed E-state index contributed by atoms with van der Waals surface area (Å²) < 4.78 is 0. The van der Waals surface area contributed by atoms with Crippen molar-refractivity contribution >= 4 is 0 Å². The molecule has 1 atom stereocenters. The smallest absolute Gasteiger partial charge is 0.0112 e. The minimum atomic E-state index is 0.650. The van der Waals surface area contributed by atoms with Crippen LogP contribution in [-0.4, -0.2) is 55.1 Å². The summed E-state index contributed by atoms with van der Waals surface area (Å²) in [6.07, 6.45) is 4.23. The molecule has 1 unspecified atom stereocenters. The van der Waals surface area contributed by atoms with Gasteiger partial charge in [0.2, 0.25) is 0 Å². The fourth-order valence-electron chi connectivity index (χ4n) is 2.49. The van der Waals surface area contributed by atoms with E-state index in [-0.39, 0.29) is 0 Å². The van der Waals surface area contributed by atoms with E-state index in [1.165, 1.54) is 52.0 Å². The quantitative estimate of drug-likeness (QED) is 0.745. The summed E-state index contributed by atoms with van der Waals surface area (Å²) in [5, 5.41) is 0. The fraction of sp³-hybridized carbons (Fsp3) is 1.00. The molecular weight excluding hydrogens is 186 g/mol. The highest BCUT2D eigenvalue weighted by Crippen LogP contribution is 2.27. The Bertz CT molecular complexity index is 191. The minimum Gasteiger partial charge on any atom is -0.330 e. The first-order valence-electron chi connectivity index (χ1n) is 6.46. The molecule has 3 heteroatoms. The second-order valence-electron chi connectivity index (χ2n) is 5.26. The van der Waals surface area contributed by atoms with Crippen molar-refractivity contribution in [2.24, 2.45) is 11.7 Å². The molecule has 2 rings (SSSR count). The van der Waals surface area contributed by atoms with Crippen molar-refractivity contribution in [1.29, 1.82) is 0 Å². The Morgan fingerprint density at radius 2 is 2.00 bits per heavy atom. The molecule has 0 aromatic carbocycles. The Labute approximate surface area is 93.6 Å². The van der Waals surface area contributed by atoms with Crippen molar-refractivity contribution in [2.45, 2.75) is 32.2 Å². The van der Waals surface area contributed by atoms with Crippen LogP contribution in [0.3, 0.4) is 0 Å². The third-order valence-corrected chi connectivity index (χ3v) is 3.66. The van der Waals surface area contributed by atoms with E-state index in [1.54, 1.807) is 0 Å². The van der Waals surface area contributed by atoms with Crippen LogP contribution in [-0.2, 0) is 0 Å². The van der Waals surface area contributed by atoms with Gasteiger partial charge in [0.25, 0.3) is 0 Å². The van der Waals surface area contributed by atoms with Crippen LogP contribution < -0.4 is 5.73 Å². The summed E-state index contributed by atoms with van der Waals surface area (Å²) in [5.74, 6) is 0.650. The Kier molecular flexibility index (Phi) is 4.00. The lowest BCUT2D eigenvalue weighted by molar-refractivity contribution is 0.231. The van der Waals surface area contributed by atoms with Crippen LogP contribution in [0.4, 0.5) is 0 Å². The average Bonchev–Trinajstić information content (AvgIpc) is 3.03. The molecule has 0 spiro atoms. The second-order valence-corrected chi connectivity index (χ2v) is 5.26. The molecule has 1 saturated carbocycles. The van der Waals surface area contributed by atoms with Gasteiger partial charge in [0.1, 0.15) is 0 Å². The highest BCUT2D eigenvalue weighted by atomic mass is 15.2. The van der Waals surface area contributed by atoms with Crippen LogP contribution in [0, 0.1) is 5.92 Å². The molecule has 3 nitrogen and oxygen atoms in total. The molecule has 1 aliphatic heterocycles. The molecule has 0 aromatic rings. The lowest BCUT2D eigenvalue weighted by Crippen LogP contribution is -2.35. The van der Waals surface area contributed by atoms with E-state index in [1.807, 2.05) is 0 Å². The largest absolute Gasteiger partial charge is 0.330 e. The number of hydrogen-bond donors (Lipinski definition) is 1. The summed E-state index contributed by atoms with van der Waals surface area (Å²) in [4.78, 5) is 5.28. The van der Waals surface area contributed by atoms with E-state index < -0.39 is 0 Å². The monoisotopic (exact) mass is 211 g/mol. The van der Waals surface area contributed by atoms with Gasteiger partial charge in [0.15, 0.2) is 0 Å². The van der Waals surface area contributed by atoms with E-state index in [0.717, 1.165) is 12.6 Å². The van der Waals surface area contributed by atoms with E-state index in [0.29, 0.717) is 5.92 Å². The minimum absolute atomic E-state index is 0.650. The molecule has 0 radical (unpaired) electrons. The number of nitrogens with two attached hydrogens (primary N) is 1. The van der Waals surface area contributed by atoms with Crippen LogP contribution in [0.25, 0.3) is 0 Å². The lowest BCUT2D eigenvalue weighted by atomic mass is 10.1. The maximum absolute atomic E-state index is 5.68. The van der Waals surface area contributed by atoms with Crippen LogP contribution >= 0.6 is 0 Å². The summed E-state index contributed by atoms with van der Waals surface area (Å²) >= 11 is 0. The molecule has 1 saturated heterocycles. The Balaban J connectivity index is 1.73. The maximum Gasteiger partial charge on any atom is 0.0112 e. The van der Waals surface area contributed by atoms with Gasteiger partial charge in [-0.05, 0) is 44.8 Å². The van der Waals surface area contributed by atoms with Gasteiger partial charge in [-0.1, -0.05) is 6.92 Å². The maximum atomic E-state index is 5.68. The Morgan fingerprint density at radius 3 is 2.67 bits per heavy atom.